The molecule has 2 aromatic rings. The quantitative estimate of drug-likeness (QED) is 0.670. The summed E-state index contributed by atoms with van der Waals surface area (Å²) in [6, 6.07) is 9.60. The van der Waals surface area contributed by atoms with Gasteiger partial charge >= 0.3 is 0 Å². The molecule has 0 saturated carbocycles. The third-order valence-electron chi connectivity index (χ3n) is 2.75. The largest absolute Gasteiger partial charge is 0.487 e. The van der Waals surface area contributed by atoms with Gasteiger partial charge in [-0.2, -0.15) is 0 Å². The van der Waals surface area contributed by atoms with Gasteiger partial charge in [0.1, 0.15) is 18.2 Å². The Morgan fingerprint density at radius 1 is 1.26 bits per heavy atom. The second-order valence-electron chi connectivity index (χ2n) is 4.32. The molecule has 0 radical (unpaired) electrons. The predicted octanol–water partition coefficient (Wildman–Crippen LogP) is 3.33. The predicted molar refractivity (Wildman–Crippen MR) is 80.0 cm³/mol. The smallest absolute Gasteiger partial charge is 0.140 e. The zero-order chi connectivity index (χ0) is 13.8. The molecule has 3 N–H and O–H groups in total. The Morgan fingerprint density at radius 2 is 1.95 bits per heavy atom. The number of benzene rings is 1. The topological polar surface area (TPSA) is 60.2 Å². The molecule has 0 aliphatic heterocycles. The van der Waals surface area contributed by atoms with Crippen LogP contribution in [0.2, 0.25) is 0 Å². The number of nitrogens with one attached hydrogen (secondary N) is 1. The maximum atomic E-state index is 5.76. The van der Waals surface area contributed by atoms with Gasteiger partial charge in [-0.3, -0.25) is 0 Å². The molecule has 0 fully saturated rings. The zero-order valence-electron chi connectivity index (χ0n) is 10.9. The highest BCUT2D eigenvalue weighted by molar-refractivity contribution is 9.10. The van der Waals surface area contributed by atoms with E-state index in [1.54, 1.807) is 6.07 Å². The number of hydrogen-bond acceptors (Lipinski definition) is 4. The Kier molecular flexibility index (Phi) is 4.39. The number of nitrogens with zero attached hydrogens (tertiary/aromatic N) is 1. The van der Waals surface area contributed by atoms with Crippen LogP contribution in [0.1, 0.15) is 16.8 Å². The molecule has 1 heterocycles. The van der Waals surface area contributed by atoms with E-state index in [-0.39, 0.29) is 0 Å². The van der Waals surface area contributed by atoms with E-state index in [2.05, 4.69) is 26.3 Å². The van der Waals surface area contributed by atoms with E-state index < -0.39 is 0 Å². The van der Waals surface area contributed by atoms with Gasteiger partial charge in [0.2, 0.25) is 0 Å². The summed E-state index contributed by atoms with van der Waals surface area (Å²) in [6.07, 6.45) is 0. The van der Waals surface area contributed by atoms with Gasteiger partial charge in [0, 0.05) is 4.47 Å². The van der Waals surface area contributed by atoms with Gasteiger partial charge in [-0.25, -0.2) is 10.8 Å². The highest BCUT2D eigenvalue weighted by Gasteiger charge is 2.04. The number of hydrazine groups is 1. The maximum Gasteiger partial charge on any atom is 0.140 e. The average molecular weight is 322 g/mol. The number of pyridine rings is 1. The number of aryl methyl sites for hydroxylation is 2. The van der Waals surface area contributed by atoms with E-state index in [0.717, 1.165) is 27.0 Å². The Hall–Kier alpha value is -1.59. The molecule has 0 saturated heterocycles. The second-order valence-corrected chi connectivity index (χ2v) is 5.11. The molecule has 1 aromatic heterocycles. The van der Waals surface area contributed by atoms with Crippen molar-refractivity contribution >= 4 is 21.7 Å². The molecule has 1 aromatic carbocycles. The lowest BCUT2D eigenvalue weighted by Crippen LogP contribution is -2.09. The first kappa shape index (κ1) is 13.8. The summed E-state index contributed by atoms with van der Waals surface area (Å²) < 4.78 is 6.87. The van der Waals surface area contributed by atoms with Crippen molar-refractivity contribution in [2.75, 3.05) is 5.43 Å². The number of hydrogen-bond donors (Lipinski definition) is 2. The molecule has 100 valence electrons. The molecule has 0 spiro atoms. The zero-order valence-corrected chi connectivity index (χ0v) is 12.5. The third-order valence-corrected chi connectivity index (χ3v) is 4.00. The summed E-state index contributed by atoms with van der Waals surface area (Å²) in [5.41, 5.74) is 5.65. The lowest BCUT2D eigenvalue weighted by molar-refractivity contribution is 0.301. The monoisotopic (exact) mass is 321 g/mol. The minimum absolute atomic E-state index is 0.413. The number of rotatable bonds is 4. The molecule has 0 unspecified atom stereocenters. The standard InChI is InChI=1S/C14H16BrN3O/c1-9-6-12(7-10(2)14(9)15)19-8-11-4-3-5-13(17-11)18-16/h3-7H,8,16H2,1-2H3,(H,17,18). The van der Waals surface area contributed by atoms with Crippen molar-refractivity contribution in [3.8, 4) is 5.75 Å². The molecule has 0 amide bonds. The first-order valence-corrected chi connectivity index (χ1v) is 6.71. The van der Waals surface area contributed by atoms with E-state index in [1.165, 1.54) is 0 Å². The molecule has 0 bridgehead atoms. The Balaban J connectivity index is 2.10. The number of nitrogens with two attached hydrogens (primary N) is 1. The lowest BCUT2D eigenvalue weighted by atomic mass is 10.1. The fourth-order valence-electron chi connectivity index (χ4n) is 1.79. The van der Waals surface area contributed by atoms with E-state index in [4.69, 9.17) is 10.6 Å². The van der Waals surface area contributed by atoms with Crippen LogP contribution >= 0.6 is 15.9 Å². The van der Waals surface area contributed by atoms with Crippen molar-refractivity contribution in [2.45, 2.75) is 20.5 Å². The van der Waals surface area contributed by atoms with Crippen molar-refractivity contribution in [2.24, 2.45) is 5.84 Å². The van der Waals surface area contributed by atoms with Gasteiger partial charge in [-0.15, -0.1) is 0 Å². The van der Waals surface area contributed by atoms with Crippen LogP contribution in [-0.2, 0) is 6.61 Å². The molecule has 4 nitrogen and oxygen atoms in total. The average Bonchev–Trinajstić information content (AvgIpc) is 2.42. The van der Waals surface area contributed by atoms with Crippen LogP contribution in [0.3, 0.4) is 0 Å². The van der Waals surface area contributed by atoms with Crippen LogP contribution < -0.4 is 16.0 Å². The van der Waals surface area contributed by atoms with E-state index in [0.29, 0.717) is 12.4 Å². The van der Waals surface area contributed by atoms with E-state index in [1.807, 2.05) is 38.1 Å². The highest BCUT2D eigenvalue weighted by Crippen LogP contribution is 2.26. The normalized spacial score (nSPS) is 10.3. The van der Waals surface area contributed by atoms with Crippen molar-refractivity contribution in [3.63, 3.8) is 0 Å². The first-order chi connectivity index (χ1) is 9.10. The number of nitrogen functional groups attached to an aromatic ring is 1. The minimum atomic E-state index is 0.413. The molecule has 0 aliphatic carbocycles. The lowest BCUT2D eigenvalue weighted by Gasteiger charge is -2.10. The van der Waals surface area contributed by atoms with Crippen LogP contribution in [0.4, 0.5) is 5.82 Å². The van der Waals surface area contributed by atoms with Gasteiger partial charge in [0.25, 0.3) is 0 Å². The Morgan fingerprint density at radius 3 is 2.58 bits per heavy atom. The molecule has 2 rings (SSSR count). The van der Waals surface area contributed by atoms with Crippen LogP contribution in [-0.4, -0.2) is 4.98 Å². The number of halogens is 1. The molecular weight excluding hydrogens is 306 g/mol. The Labute approximate surface area is 121 Å². The first-order valence-electron chi connectivity index (χ1n) is 5.92. The number of ether oxygens (including phenoxy) is 1. The summed E-state index contributed by atoms with van der Waals surface area (Å²) in [7, 11) is 0. The summed E-state index contributed by atoms with van der Waals surface area (Å²) in [4.78, 5) is 4.30. The van der Waals surface area contributed by atoms with Gasteiger partial charge in [-0.1, -0.05) is 22.0 Å². The summed E-state index contributed by atoms with van der Waals surface area (Å²) in [5, 5.41) is 0. The number of anilines is 1. The Bertz CT molecular complexity index is 564. The van der Waals surface area contributed by atoms with Gasteiger partial charge in [0.15, 0.2) is 0 Å². The molecule has 19 heavy (non-hydrogen) atoms. The van der Waals surface area contributed by atoms with Gasteiger partial charge < -0.3 is 10.2 Å². The fraction of sp³-hybridized carbons (Fsp3) is 0.214. The van der Waals surface area contributed by atoms with E-state index in [9.17, 15) is 0 Å². The van der Waals surface area contributed by atoms with E-state index >= 15 is 0 Å². The molecular formula is C14H16BrN3O. The molecule has 5 heteroatoms. The SMILES string of the molecule is Cc1cc(OCc2cccc(NN)n2)cc(C)c1Br. The van der Waals surface area contributed by atoms with Crippen LogP contribution in [0.5, 0.6) is 5.75 Å². The fourth-order valence-corrected chi connectivity index (χ4v) is 2.02. The van der Waals surface area contributed by atoms with Crippen molar-refractivity contribution < 1.29 is 4.74 Å². The molecule has 0 aliphatic rings. The summed E-state index contributed by atoms with van der Waals surface area (Å²) in [5.74, 6) is 6.79. The van der Waals surface area contributed by atoms with Crippen molar-refractivity contribution in [1.29, 1.82) is 0 Å². The second kappa shape index (κ2) is 6.04. The van der Waals surface area contributed by atoms with Gasteiger partial charge in [-0.05, 0) is 49.2 Å². The van der Waals surface area contributed by atoms with Crippen molar-refractivity contribution in [3.05, 3.63) is 51.6 Å². The van der Waals surface area contributed by atoms with Crippen LogP contribution in [0, 0.1) is 13.8 Å². The summed E-state index contributed by atoms with van der Waals surface area (Å²) >= 11 is 3.54. The minimum Gasteiger partial charge on any atom is -0.487 e. The third kappa shape index (κ3) is 3.45. The van der Waals surface area contributed by atoms with Crippen molar-refractivity contribution in [1.82, 2.24) is 4.98 Å². The molecule has 0 atom stereocenters. The van der Waals surface area contributed by atoms with Crippen LogP contribution in [0.25, 0.3) is 0 Å². The summed E-state index contributed by atoms with van der Waals surface area (Å²) in [6.45, 7) is 4.50. The van der Waals surface area contributed by atoms with Crippen LogP contribution in [0.15, 0.2) is 34.8 Å². The maximum absolute atomic E-state index is 5.76. The van der Waals surface area contributed by atoms with Gasteiger partial charge in [0.05, 0.1) is 5.69 Å². The number of aromatic nitrogens is 1. The highest BCUT2D eigenvalue weighted by atomic mass is 79.9.